The van der Waals surface area contributed by atoms with Gasteiger partial charge in [0.1, 0.15) is 0 Å². The van der Waals surface area contributed by atoms with Crippen LogP contribution in [0.15, 0.2) is 24.3 Å². The highest BCUT2D eigenvalue weighted by Crippen LogP contribution is 2.11. The Morgan fingerprint density at radius 2 is 2.06 bits per heavy atom. The molecule has 0 spiro atoms. The molecule has 0 amide bonds. The number of thioether (sulfide) groups is 1. The molecule has 1 aromatic carbocycles. The Balaban J connectivity index is 2.07. The topological polar surface area (TPSA) is 29.3 Å². The van der Waals surface area contributed by atoms with Gasteiger partial charge in [0.2, 0.25) is 0 Å². The smallest absolute Gasteiger partial charge is 0.0316 e. The van der Waals surface area contributed by atoms with Crippen LogP contribution < -0.4 is 5.73 Å². The maximum atomic E-state index is 5.73. The molecule has 1 aromatic rings. The van der Waals surface area contributed by atoms with E-state index >= 15 is 0 Å². The molecule has 90 valence electrons. The first-order valence-corrected chi connectivity index (χ1v) is 6.91. The number of hydrogen-bond donors (Lipinski definition) is 1. The molecule has 0 saturated heterocycles. The standard InChI is InChI=1S/C13H22N2S/c1-15(2)8-10-16-9-4-6-12-5-3-7-13(14)11-12/h3,5,7,11H,4,6,8-10,14H2,1-2H3. The average Bonchev–Trinajstić information content (AvgIpc) is 2.23. The third-order valence-corrected chi connectivity index (χ3v) is 3.44. The minimum atomic E-state index is 0.873. The summed E-state index contributed by atoms with van der Waals surface area (Å²) in [6.07, 6.45) is 2.38. The molecule has 0 unspecified atom stereocenters. The van der Waals surface area contributed by atoms with Crippen LogP contribution >= 0.6 is 11.8 Å². The summed E-state index contributed by atoms with van der Waals surface area (Å²) in [7, 11) is 4.24. The summed E-state index contributed by atoms with van der Waals surface area (Å²) in [5.74, 6) is 2.46. The van der Waals surface area contributed by atoms with Crippen molar-refractivity contribution in [2.75, 3.05) is 37.9 Å². The minimum absolute atomic E-state index is 0.873. The molecule has 1 rings (SSSR count). The van der Waals surface area contributed by atoms with Gasteiger partial charge in [-0.05, 0) is 50.4 Å². The molecule has 0 bridgehead atoms. The number of anilines is 1. The first-order chi connectivity index (χ1) is 7.68. The first kappa shape index (κ1) is 13.4. The number of hydrogen-bond acceptors (Lipinski definition) is 3. The fourth-order valence-corrected chi connectivity index (χ4v) is 2.52. The predicted molar refractivity (Wildman–Crippen MR) is 75.1 cm³/mol. The summed E-state index contributed by atoms with van der Waals surface area (Å²) >= 11 is 2.03. The Morgan fingerprint density at radius 1 is 1.25 bits per heavy atom. The summed E-state index contributed by atoms with van der Waals surface area (Å²) in [5.41, 5.74) is 7.96. The number of nitrogens with zero attached hydrogens (tertiary/aromatic N) is 1. The maximum Gasteiger partial charge on any atom is 0.0316 e. The van der Waals surface area contributed by atoms with Crippen LogP contribution in [0, 0.1) is 0 Å². The van der Waals surface area contributed by atoms with Crippen molar-refractivity contribution >= 4 is 17.4 Å². The SMILES string of the molecule is CN(C)CCSCCCc1cccc(N)c1. The number of rotatable bonds is 7. The van der Waals surface area contributed by atoms with Gasteiger partial charge >= 0.3 is 0 Å². The summed E-state index contributed by atoms with van der Waals surface area (Å²) < 4.78 is 0. The monoisotopic (exact) mass is 238 g/mol. The van der Waals surface area contributed by atoms with Crippen LogP contribution in [0.5, 0.6) is 0 Å². The van der Waals surface area contributed by atoms with Crippen molar-refractivity contribution in [2.45, 2.75) is 12.8 Å². The van der Waals surface area contributed by atoms with Gasteiger partial charge in [0.25, 0.3) is 0 Å². The second-order valence-electron chi connectivity index (χ2n) is 4.26. The van der Waals surface area contributed by atoms with E-state index in [0.29, 0.717) is 0 Å². The van der Waals surface area contributed by atoms with Gasteiger partial charge in [-0.1, -0.05) is 12.1 Å². The van der Waals surface area contributed by atoms with Crippen LogP contribution in [0.2, 0.25) is 0 Å². The first-order valence-electron chi connectivity index (χ1n) is 5.75. The molecule has 0 saturated carbocycles. The van der Waals surface area contributed by atoms with E-state index in [1.807, 2.05) is 23.9 Å². The number of nitrogen functional groups attached to an aromatic ring is 1. The van der Waals surface area contributed by atoms with Gasteiger partial charge in [0.15, 0.2) is 0 Å². The van der Waals surface area contributed by atoms with E-state index in [1.54, 1.807) is 0 Å². The summed E-state index contributed by atoms with van der Waals surface area (Å²) in [6, 6.07) is 8.20. The van der Waals surface area contributed by atoms with E-state index < -0.39 is 0 Å². The van der Waals surface area contributed by atoms with Crippen molar-refractivity contribution in [2.24, 2.45) is 0 Å². The molecule has 0 atom stereocenters. The molecule has 0 fully saturated rings. The fraction of sp³-hybridized carbons (Fsp3) is 0.538. The van der Waals surface area contributed by atoms with Crippen LogP contribution in [-0.4, -0.2) is 37.0 Å². The van der Waals surface area contributed by atoms with Crippen molar-refractivity contribution in [1.29, 1.82) is 0 Å². The van der Waals surface area contributed by atoms with Crippen LogP contribution in [0.4, 0.5) is 5.69 Å². The Kier molecular flexibility index (Phi) is 6.34. The lowest BCUT2D eigenvalue weighted by Gasteiger charge is -2.08. The van der Waals surface area contributed by atoms with Crippen LogP contribution in [0.1, 0.15) is 12.0 Å². The minimum Gasteiger partial charge on any atom is -0.399 e. The number of nitrogens with two attached hydrogens (primary N) is 1. The second-order valence-corrected chi connectivity index (χ2v) is 5.49. The molecule has 0 aliphatic heterocycles. The zero-order chi connectivity index (χ0) is 11.8. The van der Waals surface area contributed by atoms with Gasteiger partial charge in [-0.2, -0.15) is 11.8 Å². The molecule has 0 aromatic heterocycles. The highest BCUT2D eigenvalue weighted by atomic mass is 32.2. The zero-order valence-electron chi connectivity index (χ0n) is 10.3. The lowest BCUT2D eigenvalue weighted by molar-refractivity contribution is 0.437. The molecular formula is C13H22N2S. The molecule has 2 nitrogen and oxygen atoms in total. The van der Waals surface area contributed by atoms with Crippen LogP contribution in [0.3, 0.4) is 0 Å². The molecule has 16 heavy (non-hydrogen) atoms. The van der Waals surface area contributed by atoms with E-state index in [4.69, 9.17) is 5.73 Å². The molecule has 0 aliphatic carbocycles. The predicted octanol–water partition coefficient (Wildman–Crippen LogP) is 2.50. The summed E-state index contributed by atoms with van der Waals surface area (Å²) in [5, 5.41) is 0. The molecular weight excluding hydrogens is 216 g/mol. The van der Waals surface area contributed by atoms with E-state index in [2.05, 4.69) is 31.1 Å². The quantitative estimate of drug-likeness (QED) is 0.584. The third kappa shape index (κ3) is 6.03. The van der Waals surface area contributed by atoms with Gasteiger partial charge in [-0.25, -0.2) is 0 Å². The molecule has 0 radical (unpaired) electrons. The largest absolute Gasteiger partial charge is 0.399 e. The van der Waals surface area contributed by atoms with Gasteiger partial charge in [0, 0.05) is 18.0 Å². The molecule has 0 heterocycles. The van der Waals surface area contributed by atoms with E-state index in [9.17, 15) is 0 Å². The summed E-state index contributed by atoms with van der Waals surface area (Å²) in [4.78, 5) is 2.23. The third-order valence-electron chi connectivity index (χ3n) is 2.39. The zero-order valence-corrected chi connectivity index (χ0v) is 11.1. The normalized spacial score (nSPS) is 10.9. The van der Waals surface area contributed by atoms with Crippen LogP contribution in [0.25, 0.3) is 0 Å². The highest BCUT2D eigenvalue weighted by Gasteiger charge is 1.95. The Bertz CT molecular complexity index is 300. The Labute approximate surface area is 103 Å². The van der Waals surface area contributed by atoms with E-state index in [-0.39, 0.29) is 0 Å². The maximum absolute atomic E-state index is 5.73. The van der Waals surface area contributed by atoms with Crippen LogP contribution in [-0.2, 0) is 6.42 Å². The highest BCUT2D eigenvalue weighted by molar-refractivity contribution is 7.99. The van der Waals surface area contributed by atoms with Crippen molar-refractivity contribution in [3.8, 4) is 0 Å². The number of benzene rings is 1. The van der Waals surface area contributed by atoms with Gasteiger partial charge in [0.05, 0.1) is 0 Å². The number of aryl methyl sites for hydroxylation is 1. The Morgan fingerprint density at radius 3 is 2.75 bits per heavy atom. The van der Waals surface area contributed by atoms with Gasteiger partial charge in [-0.15, -0.1) is 0 Å². The van der Waals surface area contributed by atoms with Crippen molar-refractivity contribution < 1.29 is 0 Å². The second kappa shape index (κ2) is 7.58. The molecule has 2 N–H and O–H groups in total. The molecule has 0 aliphatic rings. The molecule has 3 heteroatoms. The lowest BCUT2D eigenvalue weighted by Crippen LogP contribution is -2.15. The fourth-order valence-electron chi connectivity index (χ4n) is 1.48. The van der Waals surface area contributed by atoms with Crippen molar-refractivity contribution in [1.82, 2.24) is 4.90 Å². The van der Waals surface area contributed by atoms with E-state index in [0.717, 1.165) is 12.1 Å². The van der Waals surface area contributed by atoms with Gasteiger partial charge < -0.3 is 10.6 Å². The lowest BCUT2D eigenvalue weighted by atomic mass is 10.1. The van der Waals surface area contributed by atoms with E-state index in [1.165, 1.54) is 30.0 Å². The Hall–Kier alpha value is -0.670. The summed E-state index contributed by atoms with van der Waals surface area (Å²) in [6.45, 7) is 1.17. The van der Waals surface area contributed by atoms with Gasteiger partial charge in [-0.3, -0.25) is 0 Å². The average molecular weight is 238 g/mol. The van der Waals surface area contributed by atoms with Crippen molar-refractivity contribution in [3.63, 3.8) is 0 Å². The van der Waals surface area contributed by atoms with Crippen molar-refractivity contribution in [3.05, 3.63) is 29.8 Å².